The van der Waals surface area contributed by atoms with Crippen LogP contribution in [0.1, 0.15) is 129 Å². The Labute approximate surface area is 387 Å². The molecular formula is C58H68N2O5. The van der Waals surface area contributed by atoms with Crippen LogP contribution in [-0.4, -0.2) is 31.0 Å². The van der Waals surface area contributed by atoms with E-state index < -0.39 is 0 Å². The van der Waals surface area contributed by atoms with Crippen LogP contribution in [0.3, 0.4) is 0 Å². The van der Waals surface area contributed by atoms with Gasteiger partial charge >= 0.3 is 0 Å². The monoisotopic (exact) mass is 873 g/mol. The lowest BCUT2D eigenvalue weighted by Gasteiger charge is -2.51. The van der Waals surface area contributed by atoms with Crippen LogP contribution in [0.5, 0.6) is 23.0 Å². The molecule has 11 rings (SSSR count). The molecule has 6 aliphatic carbocycles. The first-order valence-corrected chi connectivity index (χ1v) is 24.7. The highest BCUT2D eigenvalue weighted by Gasteiger charge is 2.56. The Balaban J connectivity index is 0.000000157. The van der Waals surface area contributed by atoms with Crippen LogP contribution in [0, 0.1) is 34.5 Å². The summed E-state index contributed by atoms with van der Waals surface area (Å²) in [7, 11) is 3.50. The Bertz CT molecular complexity index is 2440. The van der Waals surface area contributed by atoms with Crippen LogP contribution in [0.25, 0.3) is 0 Å². The van der Waals surface area contributed by atoms with E-state index in [4.69, 9.17) is 18.9 Å². The Kier molecular flexibility index (Phi) is 12.5. The van der Waals surface area contributed by atoms with Gasteiger partial charge in [-0.25, -0.2) is 0 Å². The second-order valence-electron chi connectivity index (χ2n) is 20.6. The largest absolute Gasteiger partial charge is 0.493 e. The zero-order chi connectivity index (χ0) is 44.5. The molecule has 7 heteroatoms. The molecule has 0 bridgehead atoms. The third-order valence-electron chi connectivity index (χ3n) is 17.5. The number of carbonyl (C=O) groups excluding carboxylic acids is 1. The van der Waals surface area contributed by atoms with Gasteiger partial charge in [-0.05, 0) is 181 Å². The minimum atomic E-state index is -0.0680. The van der Waals surface area contributed by atoms with Gasteiger partial charge in [0.1, 0.15) is 19.0 Å². The first kappa shape index (κ1) is 43.7. The fourth-order valence-electron chi connectivity index (χ4n) is 14.0. The molecule has 9 atom stereocenters. The van der Waals surface area contributed by atoms with E-state index in [1.165, 1.54) is 66.3 Å². The highest BCUT2D eigenvalue weighted by Crippen LogP contribution is 2.62. The average molecular weight is 873 g/mol. The molecule has 0 aliphatic heterocycles. The van der Waals surface area contributed by atoms with Crippen LogP contribution in [0.2, 0.25) is 0 Å². The van der Waals surface area contributed by atoms with Crippen LogP contribution < -0.4 is 24.3 Å². The van der Waals surface area contributed by atoms with Crippen molar-refractivity contribution in [2.45, 2.75) is 129 Å². The van der Waals surface area contributed by atoms with Gasteiger partial charge in [0, 0.05) is 30.6 Å². The predicted octanol–water partition coefficient (Wildman–Crippen LogP) is 12.4. The minimum absolute atomic E-state index is 0.0680. The first-order valence-electron chi connectivity index (χ1n) is 24.7. The van der Waals surface area contributed by atoms with E-state index in [9.17, 15) is 4.79 Å². The second-order valence-corrected chi connectivity index (χ2v) is 20.6. The number of hydrogen-bond acceptors (Lipinski definition) is 7. The summed E-state index contributed by atoms with van der Waals surface area (Å²) in [5.41, 5.74) is 9.60. The van der Waals surface area contributed by atoms with Crippen molar-refractivity contribution in [2.75, 3.05) is 14.2 Å². The Morgan fingerprint density at radius 3 is 1.74 bits per heavy atom. The Morgan fingerprint density at radius 1 is 0.600 bits per heavy atom. The van der Waals surface area contributed by atoms with E-state index in [-0.39, 0.29) is 5.41 Å². The van der Waals surface area contributed by atoms with Crippen molar-refractivity contribution in [2.24, 2.45) is 34.5 Å². The molecule has 0 saturated heterocycles. The van der Waals surface area contributed by atoms with Crippen molar-refractivity contribution in [3.63, 3.8) is 0 Å². The summed E-state index contributed by atoms with van der Waals surface area (Å²) in [6.45, 7) is 6.78. The number of hydrogen-bond donors (Lipinski definition) is 1. The van der Waals surface area contributed by atoms with Gasteiger partial charge in [-0.1, -0.05) is 80.6 Å². The molecule has 0 spiro atoms. The van der Waals surface area contributed by atoms with Crippen molar-refractivity contribution in [1.82, 2.24) is 10.3 Å². The lowest BCUT2D eigenvalue weighted by atomic mass is 9.55. The topological polar surface area (TPSA) is 78.9 Å². The number of rotatable bonds is 11. The molecule has 4 fully saturated rings. The molecule has 6 unspecified atom stereocenters. The predicted molar refractivity (Wildman–Crippen MR) is 257 cm³/mol. The number of fused-ring (bicyclic) bond motifs is 10. The van der Waals surface area contributed by atoms with Crippen molar-refractivity contribution in [1.29, 1.82) is 0 Å². The van der Waals surface area contributed by atoms with Crippen molar-refractivity contribution in [3.05, 3.63) is 148 Å². The van der Waals surface area contributed by atoms with Gasteiger partial charge in [-0.15, -0.1) is 0 Å². The molecule has 4 saturated carbocycles. The van der Waals surface area contributed by atoms with Crippen LogP contribution in [0.15, 0.2) is 109 Å². The van der Waals surface area contributed by atoms with Crippen LogP contribution >= 0.6 is 0 Å². The van der Waals surface area contributed by atoms with E-state index in [2.05, 4.69) is 96.9 Å². The van der Waals surface area contributed by atoms with Crippen molar-refractivity contribution < 1.29 is 23.7 Å². The fraction of sp³-hybridized carbons (Fsp3) is 0.483. The minimum Gasteiger partial charge on any atom is -0.493 e. The molecular weight excluding hydrogens is 805 g/mol. The number of ether oxygens (including phenoxy) is 4. The lowest BCUT2D eigenvalue weighted by Crippen LogP contribution is -2.48. The molecule has 1 N–H and O–H groups in total. The zero-order valence-electron chi connectivity index (χ0n) is 39.0. The average Bonchev–Trinajstić information content (AvgIpc) is 3.86. The van der Waals surface area contributed by atoms with Gasteiger partial charge in [0.15, 0.2) is 23.0 Å². The quantitative estimate of drug-likeness (QED) is 0.142. The van der Waals surface area contributed by atoms with Gasteiger partial charge in [0.25, 0.3) is 0 Å². The van der Waals surface area contributed by atoms with Gasteiger partial charge in [0.05, 0.1) is 19.9 Å². The number of nitrogens with zero attached hydrogens (tertiary/aromatic N) is 1. The number of aryl methyl sites for hydroxylation is 2. The SMILES string of the molecule is COc1cc2c(cc1OCc1ccccc1)CCC1C2CC[C@@]2(C)C1CC[C@@H]2NCc1ccccn1.COc1cc2c(cc1OCc1ccccc1)CCC1C2CC[C@]2(C)C(=O)CCC12. The van der Waals surface area contributed by atoms with Gasteiger partial charge in [0.2, 0.25) is 0 Å². The first-order chi connectivity index (χ1) is 31.8. The van der Waals surface area contributed by atoms with Gasteiger partial charge < -0.3 is 24.3 Å². The van der Waals surface area contributed by atoms with Gasteiger partial charge in [-0.3, -0.25) is 9.78 Å². The highest BCUT2D eigenvalue weighted by molar-refractivity contribution is 5.87. The lowest BCUT2D eigenvalue weighted by molar-refractivity contribution is -0.129. The number of benzene rings is 4. The molecule has 340 valence electrons. The molecule has 6 aliphatic rings. The van der Waals surface area contributed by atoms with E-state index in [1.807, 2.05) is 36.5 Å². The standard InChI is InChI=1S/C32H38N2O2.C26H30O3/c1-32-16-15-25-26(28(32)13-14-31(32)34-20-24-10-6-7-17-33-24)12-11-23-18-30(29(35-2)19-27(23)25)36-21-22-8-4-3-5-9-22;1-26-13-12-19-20(22(26)10-11-25(26)27)9-8-18-14-24(23(28-2)15-21(18)19)29-16-17-6-4-3-5-7-17/h3-10,17-19,25-26,28,31,34H,11-16,20-21H2,1-2H3;3-7,14-15,19-20,22H,8-13,16H2,1-2H3/t25?,26?,28?,31-,32-;19?,20?,22?,26-/m00/s1. The maximum absolute atomic E-state index is 12.5. The van der Waals surface area contributed by atoms with E-state index in [0.717, 1.165) is 91.2 Å². The van der Waals surface area contributed by atoms with E-state index >= 15 is 0 Å². The Morgan fingerprint density at radius 2 is 1.17 bits per heavy atom. The molecule has 4 aromatic carbocycles. The molecule has 1 aromatic heterocycles. The summed E-state index contributed by atoms with van der Waals surface area (Å²) in [5.74, 6) is 7.85. The number of ketones is 1. The third-order valence-corrected chi connectivity index (χ3v) is 17.5. The third kappa shape index (κ3) is 8.47. The molecule has 5 aromatic rings. The van der Waals surface area contributed by atoms with Crippen LogP contribution in [-0.2, 0) is 37.4 Å². The maximum atomic E-state index is 12.5. The van der Waals surface area contributed by atoms with Crippen LogP contribution in [0.4, 0.5) is 0 Å². The van der Waals surface area contributed by atoms with E-state index in [0.29, 0.717) is 54.1 Å². The highest BCUT2D eigenvalue weighted by atomic mass is 16.5. The van der Waals surface area contributed by atoms with Gasteiger partial charge in [-0.2, -0.15) is 0 Å². The Hall–Kier alpha value is -5.14. The molecule has 1 heterocycles. The second kappa shape index (κ2) is 18.6. The number of Topliss-reactive ketones (excluding diaryl/α,β-unsaturated/α-hetero) is 1. The summed E-state index contributed by atoms with van der Waals surface area (Å²) in [6.07, 6.45) is 15.8. The number of carbonyl (C=O) groups is 1. The summed E-state index contributed by atoms with van der Waals surface area (Å²) in [4.78, 5) is 17.1. The summed E-state index contributed by atoms with van der Waals surface area (Å²) < 4.78 is 23.9. The molecule has 0 radical (unpaired) electrons. The fourth-order valence-corrected chi connectivity index (χ4v) is 14.0. The van der Waals surface area contributed by atoms with E-state index in [1.54, 1.807) is 14.2 Å². The molecule has 0 amide bonds. The number of aromatic nitrogens is 1. The summed E-state index contributed by atoms with van der Waals surface area (Å²) >= 11 is 0. The number of methoxy groups -OCH3 is 2. The number of nitrogens with one attached hydrogen (secondary N) is 1. The zero-order valence-corrected chi connectivity index (χ0v) is 39.0. The smallest absolute Gasteiger partial charge is 0.161 e. The van der Waals surface area contributed by atoms with Crippen molar-refractivity contribution >= 4 is 5.78 Å². The maximum Gasteiger partial charge on any atom is 0.161 e. The summed E-state index contributed by atoms with van der Waals surface area (Å²) in [6, 6.07) is 36.4. The normalized spacial score (nSPS) is 29.4. The molecule has 7 nitrogen and oxygen atoms in total. The summed E-state index contributed by atoms with van der Waals surface area (Å²) in [5, 5.41) is 3.91. The number of pyridine rings is 1. The van der Waals surface area contributed by atoms with Crippen molar-refractivity contribution in [3.8, 4) is 23.0 Å². The molecule has 65 heavy (non-hydrogen) atoms.